The van der Waals surface area contributed by atoms with Crippen LogP contribution in [0.5, 0.6) is 5.75 Å². The molecule has 3 aromatic rings. The van der Waals surface area contributed by atoms with E-state index in [9.17, 15) is 4.79 Å². The number of nitrogens with zero attached hydrogens (tertiary/aromatic N) is 2. The second kappa shape index (κ2) is 7.92. The van der Waals surface area contributed by atoms with Gasteiger partial charge in [0, 0.05) is 17.5 Å². The number of benzene rings is 1. The molecule has 1 amide bonds. The van der Waals surface area contributed by atoms with Crippen LogP contribution in [-0.2, 0) is 0 Å². The molecule has 0 aliphatic heterocycles. The lowest BCUT2D eigenvalue weighted by atomic mass is 10.1. The Hall–Kier alpha value is -3.02. The average Bonchev–Trinajstić information content (AvgIpc) is 3.17. The molecule has 0 saturated carbocycles. The Morgan fingerprint density at radius 2 is 1.79 bits per heavy atom. The highest BCUT2D eigenvalue weighted by Crippen LogP contribution is 2.23. The van der Waals surface area contributed by atoms with Gasteiger partial charge in [0.1, 0.15) is 11.5 Å². The molecule has 6 nitrogen and oxygen atoms in total. The van der Waals surface area contributed by atoms with Crippen molar-refractivity contribution in [3.8, 4) is 11.6 Å². The van der Waals surface area contributed by atoms with Gasteiger partial charge in [-0.1, -0.05) is 17.3 Å². The summed E-state index contributed by atoms with van der Waals surface area (Å²) in [6, 6.07) is 11.4. The molecule has 3 rings (SSSR count). The van der Waals surface area contributed by atoms with Crippen LogP contribution in [0.3, 0.4) is 0 Å². The highest BCUT2D eigenvalue weighted by molar-refractivity contribution is 5.96. The SMILES string of the molecule is Cc1cc(-n2c(C)cc(C(=O)NC(C)c3ccc(OC(C)C)cc3)c2C)no1. The molecule has 0 saturated heterocycles. The molecular formula is C22H27N3O3. The van der Waals surface area contributed by atoms with E-state index in [0.717, 1.165) is 28.5 Å². The molecule has 1 unspecified atom stereocenters. The predicted octanol–water partition coefficient (Wildman–Crippen LogP) is 4.67. The summed E-state index contributed by atoms with van der Waals surface area (Å²) in [5.74, 6) is 2.12. The smallest absolute Gasteiger partial charge is 0.253 e. The molecule has 0 bridgehead atoms. The van der Waals surface area contributed by atoms with Gasteiger partial charge in [-0.2, -0.15) is 0 Å². The fourth-order valence-electron chi connectivity index (χ4n) is 3.27. The summed E-state index contributed by atoms with van der Waals surface area (Å²) in [4.78, 5) is 12.9. The number of nitrogens with one attached hydrogen (secondary N) is 1. The fourth-order valence-corrected chi connectivity index (χ4v) is 3.27. The van der Waals surface area contributed by atoms with E-state index in [2.05, 4.69) is 10.5 Å². The molecule has 0 aliphatic rings. The third-order valence-corrected chi connectivity index (χ3v) is 4.62. The van der Waals surface area contributed by atoms with Crippen molar-refractivity contribution in [3.05, 3.63) is 64.7 Å². The summed E-state index contributed by atoms with van der Waals surface area (Å²) < 4.78 is 12.8. The van der Waals surface area contributed by atoms with Gasteiger partial charge in [0.15, 0.2) is 5.82 Å². The molecule has 148 valence electrons. The number of aryl methyl sites for hydroxylation is 2. The van der Waals surface area contributed by atoms with Crippen molar-refractivity contribution in [1.29, 1.82) is 0 Å². The first-order valence-corrected chi connectivity index (χ1v) is 9.46. The van der Waals surface area contributed by atoms with Crippen LogP contribution in [0.15, 0.2) is 40.9 Å². The lowest BCUT2D eigenvalue weighted by Crippen LogP contribution is -2.27. The first-order valence-electron chi connectivity index (χ1n) is 9.46. The Morgan fingerprint density at radius 3 is 2.36 bits per heavy atom. The molecule has 1 aromatic carbocycles. The van der Waals surface area contributed by atoms with E-state index in [1.54, 1.807) is 0 Å². The van der Waals surface area contributed by atoms with Crippen LogP contribution in [0.4, 0.5) is 0 Å². The van der Waals surface area contributed by atoms with E-state index in [1.165, 1.54) is 0 Å². The second-order valence-electron chi connectivity index (χ2n) is 7.35. The topological polar surface area (TPSA) is 69.3 Å². The summed E-state index contributed by atoms with van der Waals surface area (Å²) in [6.45, 7) is 11.7. The van der Waals surface area contributed by atoms with Crippen molar-refractivity contribution in [2.45, 2.75) is 53.7 Å². The summed E-state index contributed by atoms with van der Waals surface area (Å²) in [7, 11) is 0. The van der Waals surface area contributed by atoms with E-state index in [4.69, 9.17) is 9.26 Å². The molecule has 0 aliphatic carbocycles. The summed E-state index contributed by atoms with van der Waals surface area (Å²) >= 11 is 0. The third kappa shape index (κ3) is 4.11. The maximum Gasteiger partial charge on any atom is 0.253 e. The number of hydrogen-bond donors (Lipinski definition) is 1. The van der Waals surface area contributed by atoms with Crippen LogP contribution in [0.2, 0.25) is 0 Å². The Kier molecular flexibility index (Phi) is 5.58. The van der Waals surface area contributed by atoms with E-state index >= 15 is 0 Å². The highest BCUT2D eigenvalue weighted by Gasteiger charge is 2.20. The van der Waals surface area contributed by atoms with Crippen LogP contribution in [-0.4, -0.2) is 21.7 Å². The molecule has 2 aromatic heterocycles. The van der Waals surface area contributed by atoms with Gasteiger partial charge in [0.2, 0.25) is 0 Å². The Morgan fingerprint density at radius 1 is 1.11 bits per heavy atom. The molecule has 2 heterocycles. The Bertz CT molecular complexity index is 968. The van der Waals surface area contributed by atoms with E-state index < -0.39 is 0 Å². The Balaban J connectivity index is 1.76. The molecule has 1 atom stereocenters. The molecule has 0 fully saturated rings. The van der Waals surface area contributed by atoms with Gasteiger partial charge in [-0.25, -0.2) is 0 Å². The van der Waals surface area contributed by atoms with Crippen LogP contribution < -0.4 is 10.1 Å². The standard InChI is InChI=1S/C22H27N3O3/c1-13(2)27-19-9-7-18(8-10-19)16(5)23-22(26)20-11-14(3)25(17(20)6)21-12-15(4)28-24-21/h7-13,16H,1-6H3,(H,23,26). The fraction of sp³-hybridized carbons (Fsp3) is 0.364. The molecule has 1 N–H and O–H groups in total. The third-order valence-electron chi connectivity index (χ3n) is 4.62. The van der Waals surface area contributed by atoms with Crippen molar-refractivity contribution in [3.63, 3.8) is 0 Å². The monoisotopic (exact) mass is 381 g/mol. The second-order valence-corrected chi connectivity index (χ2v) is 7.35. The van der Waals surface area contributed by atoms with Crippen molar-refractivity contribution in [2.24, 2.45) is 0 Å². The predicted molar refractivity (Wildman–Crippen MR) is 108 cm³/mol. The number of ether oxygens (including phenoxy) is 1. The zero-order valence-corrected chi connectivity index (χ0v) is 17.2. The summed E-state index contributed by atoms with van der Waals surface area (Å²) in [5, 5.41) is 7.14. The molecule has 6 heteroatoms. The van der Waals surface area contributed by atoms with Crippen molar-refractivity contribution >= 4 is 5.91 Å². The van der Waals surface area contributed by atoms with Crippen LogP contribution in [0.1, 0.15) is 59.9 Å². The number of aromatic nitrogens is 2. The van der Waals surface area contributed by atoms with E-state index in [-0.39, 0.29) is 18.1 Å². The maximum absolute atomic E-state index is 12.9. The molecular weight excluding hydrogens is 354 g/mol. The minimum absolute atomic E-state index is 0.116. The quantitative estimate of drug-likeness (QED) is 0.674. The lowest BCUT2D eigenvalue weighted by molar-refractivity contribution is 0.0939. The zero-order valence-electron chi connectivity index (χ0n) is 17.2. The lowest BCUT2D eigenvalue weighted by Gasteiger charge is -2.16. The first-order chi connectivity index (χ1) is 13.3. The van der Waals surface area contributed by atoms with Crippen molar-refractivity contribution < 1.29 is 14.1 Å². The minimum Gasteiger partial charge on any atom is -0.491 e. The number of amides is 1. The summed E-state index contributed by atoms with van der Waals surface area (Å²) in [5.41, 5.74) is 3.41. The van der Waals surface area contributed by atoms with Gasteiger partial charge in [-0.15, -0.1) is 0 Å². The van der Waals surface area contributed by atoms with Crippen molar-refractivity contribution in [1.82, 2.24) is 15.0 Å². The molecule has 28 heavy (non-hydrogen) atoms. The minimum atomic E-state index is -0.127. The largest absolute Gasteiger partial charge is 0.491 e. The first kappa shape index (κ1) is 19.7. The Labute approximate surface area is 165 Å². The van der Waals surface area contributed by atoms with Gasteiger partial charge < -0.3 is 14.6 Å². The molecule has 0 spiro atoms. The number of carbonyl (C=O) groups is 1. The van der Waals surface area contributed by atoms with Gasteiger partial charge in [0.25, 0.3) is 5.91 Å². The number of rotatable bonds is 6. The highest BCUT2D eigenvalue weighted by atomic mass is 16.5. The maximum atomic E-state index is 12.9. The van der Waals surface area contributed by atoms with Crippen LogP contribution in [0.25, 0.3) is 5.82 Å². The van der Waals surface area contributed by atoms with Crippen LogP contribution >= 0.6 is 0 Å². The van der Waals surface area contributed by atoms with Gasteiger partial charge >= 0.3 is 0 Å². The number of hydrogen-bond acceptors (Lipinski definition) is 4. The number of carbonyl (C=O) groups excluding carboxylic acids is 1. The van der Waals surface area contributed by atoms with Gasteiger partial charge in [-0.3, -0.25) is 9.36 Å². The zero-order chi connectivity index (χ0) is 20.4. The normalized spacial score (nSPS) is 12.2. The van der Waals surface area contributed by atoms with Gasteiger partial charge in [-0.05, 0) is 65.3 Å². The van der Waals surface area contributed by atoms with E-state index in [1.807, 2.05) is 82.5 Å². The van der Waals surface area contributed by atoms with Crippen molar-refractivity contribution in [2.75, 3.05) is 0 Å². The average molecular weight is 381 g/mol. The molecule has 0 radical (unpaired) electrons. The van der Waals surface area contributed by atoms with Gasteiger partial charge in [0.05, 0.1) is 17.7 Å². The van der Waals surface area contributed by atoms with Crippen LogP contribution in [0, 0.1) is 20.8 Å². The summed E-state index contributed by atoms with van der Waals surface area (Å²) in [6.07, 6.45) is 0.131. The van der Waals surface area contributed by atoms with E-state index in [0.29, 0.717) is 11.4 Å².